The normalized spacial score (nSPS) is 31.6. The minimum Gasteiger partial charge on any atom is -0.310 e. The van der Waals surface area contributed by atoms with Gasteiger partial charge < -0.3 is 5.32 Å². The Morgan fingerprint density at radius 3 is 2.74 bits per heavy atom. The van der Waals surface area contributed by atoms with E-state index < -0.39 is 0 Å². The topological polar surface area (TPSA) is 36.3 Å². The predicted molar refractivity (Wildman–Crippen MR) is 76.1 cm³/mol. The molecule has 0 aromatic carbocycles. The fraction of sp³-hybridized carbons (Fsp3) is 0.786. The Labute approximate surface area is 115 Å². The van der Waals surface area contributed by atoms with Gasteiger partial charge in [-0.15, -0.1) is 0 Å². The smallest absolute Gasteiger partial charge is 0.0660 e. The van der Waals surface area contributed by atoms with Crippen molar-refractivity contribution in [3.8, 4) is 0 Å². The van der Waals surface area contributed by atoms with E-state index in [0.29, 0.717) is 12.1 Å². The van der Waals surface area contributed by atoms with E-state index in [2.05, 4.69) is 44.9 Å². The Morgan fingerprint density at radius 1 is 1.37 bits per heavy atom. The van der Waals surface area contributed by atoms with Crippen LogP contribution in [0.15, 0.2) is 12.3 Å². The molecule has 2 bridgehead atoms. The van der Waals surface area contributed by atoms with Crippen LogP contribution in [0, 0.1) is 0 Å². The van der Waals surface area contributed by atoms with Gasteiger partial charge in [-0.05, 0) is 19.5 Å². The summed E-state index contributed by atoms with van der Waals surface area (Å²) >= 11 is 0. The van der Waals surface area contributed by atoms with Crippen molar-refractivity contribution in [2.75, 3.05) is 39.8 Å². The Balaban J connectivity index is 1.82. The predicted octanol–water partition coefficient (Wildman–Crippen LogP) is 0.553. The fourth-order valence-electron chi connectivity index (χ4n) is 3.52. The van der Waals surface area contributed by atoms with Crippen molar-refractivity contribution in [1.29, 1.82) is 0 Å². The highest BCUT2D eigenvalue weighted by Gasteiger charge is 2.37. The van der Waals surface area contributed by atoms with Crippen molar-refractivity contribution in [2.45, 2.75) is 32.0 Å². The highest BCUT2D eigenvalue weighted by atomic mass is 15.4. The average molecular weight is 263 g/mol. The summed E-state index contributed by atoms with van der Waals surface area (Å²) in [7, 11) is 2.08. The summed E-state index contributed by atoms with van der Waals surface area (Å²) in [6.07, 6.45) is 3.07. The molecule has 106 valence electrons. The number of hydrogen-bond donors (Lipinski definition) is 1. The third-order valence-corrected chi connectivity index (χ3v) is 4.52. The zero-order valence-corrected chi connectivity index (χ0v) is 12.0. The molecule has 4 rings (SSSR count). The number of aromatic nitrogens is 2. The van der Waals surface area contributed by atoms with Crippen LogP contribution in [0.2, 0.25) is 0 Å². The van der Waals surface area contributed by atoms with Crippen molar-refractivity contribution < 1.29 is 0 Å². The van der Waals surface area contributed by atoms with Crippen LogP contribution < -0.4 is 5.32 Å². The van der Waals surface area contributed by atoms with Crippen molar-refractivity contribution in [2.24, 2.45) is 0 Å². The third kappa shape index (κ3) is 2.42. The minimum absolute atomic E-state index is 0.386. The van der Waals surface area contributed by atoms with Gasteiger partial charge in [0, 0.05) is 51.5 Å². The molecular weight excluding hydrogens is 238 g/mol. The number of nitrogens with one attached hydrogen (secondary N) is 1. The number of hydrogen-bond acceptors (Lipinski definition) is 4. The SMILES string of the molecule is CCCn1nccc1C(NC)C1CN2CCN1CC2. The molecular formula is C14H25N5. The van der Waals surface area contributed by atoms with E-state index >= 15 is 0 Å². The number of likely N-dealkylation sites (N-methyl/N-ethyl adjacent to an activating group) is 1. The van der Waals surface area contributed by atoms with Gasteiger partial charge in [0.25, 0.3) is 0 Å². The van der Waals surface area contributed by atoms with E-state index in [9.17, 15) is 0 Å². The van der Waals surface area contributed by atoms with Gasteiger partial charge in [-0.3, -0.25) is 14.5 Å². The molecule has 0 spiro atoms. The first-order chi connectivity index (χ1) is 9.33. The molecule has 1 aromatic rings. The highest BCUT2D eigenvalue weighted by Crippen LogP contribution is 2.27. The van der Waals surface area contributed by atoms with Gasteiger partial charge in [0.2, 0.25) is 0 Å². The quantitative estimate of drug-likeness (QED) is 0.842. The molecule has 2 unspecified atom stereocenters. The largest absolute Gasteiger partial charge is 0.310 e. The van der Waals surface area contributed by atoms with Crippen LogP contribution in [-0.4, -0.2) is 65.4 Å². The molecule has 5 nitrogen and oxygen atoms in total. The number of piperazine rings is 3. The lowest BCUT2D eigenvalue weighted by molar-refractivity contribution is -0.00383. The second kappa shape index (κ2) is 5.61. The number of nitrogens with zero attached hydrogens (tertiary/aromatic N) is 4. The van der Waals surface area contributed by atoms with Crippen LogP contribution in [0.5, 0.6) is 0 Å². The van der Waals surface area contributed by atoms with Gasteiger partial charge in [0.15, 0.2) is 0 Å². The summed E-state index contributed by atoms with van der Waals surface area (Å²) < 4.78 is 2.17. The molecule has 0 radical (unpaired) electrons. The van der Waals surface area contributed by atoms with Gasteiger partial charge in [-0.2, -0.15) is 5.10 Å². The van der Waals surface area contributed by atoms with E-state index in [-0.39, 0.29) is 0 Å². The molecule has 2 atom stereocenters. The molecule has 0 aliphatic carbocycles. The first-order valence-electron chi connectivity index (χ1n) is 7.49. The van der Waals surface area contributed by atoms with Crippen LogP contribution in [-0.2, 0) is 6.54 Å². The van der Waals surface area contributed by atoms with Gasteiger partial charge in [0.05, 0.1) is 11.7 Å². The number of fused-ring (bicyclic) bond motifs is 3. The van der Waals surface area contributed by atoms with Crippen LogP contribution >= 0.6 is 0 Å². The van der Waals surface area contributed by atoms with Crippen LogP contribution in [0.4, 0.5) is 0 Å². The Hall–Kier alpha value is -0.910. The molecule has 3 aliphatic heterocycles. The van der Waals surface area contributed by atoms with E-state index in [1.165, 1.54) is 38.4 Å². The number of aryl methyl sites for hydroxylation is 1. The van der Waals surface area contributed by atoms with E-state index in [1.807, 2.05) is 6.20 Å². The maximum Gasteiger partial charge on any atom is 0.0660 e. The van der Waals surface area contributed by atoms with Gasteiger partial charge in [-0.25, -0.2) is 0 Å². The summed E-state index contributed by atoms with van der Waals surface area (Å²) in [5, 5.41) is 8.00. The zero-order chi connectivity index (χ0) is 13.2. The molecule has 4 heterocycles. The Morgan fingerprint density at radius 2 is 2.16 bits per heavy atom. The third-order valence-electron chi connectivity index (χ3n) is 4.52. The molecule has 3 saturated heterocycles. The average Bonchev–Trinajstić information content (AvgIpc) is 2.90. The van der Waals surface area contributed by atoms with Crippen molar-refractivity contribution in [3.63, 3.8) is 0 Å². The molecule has 3 fully saturated rings. The van der Waals surface area contributed by atoms with E-state index in [4.69, 9.17) is 0 Å². The summed E-state index contributed by atoms with van der Waals surface area (Å²) in [6, 6.07) is 3.15. The van der Waals surface area contributed by atoms with Gasteiger partial charge in [-0.1, -0.05) is 6.92 Å². The molecule has 19 heavy (non-hydrogen) atoms. The standard InChI is InChI=1S/C14H25N5/c1-3-6-19-12(4-5-16-19)14(15-2)13-11-17-7-9-18(13)10-8-17/h4-5,13-15H,3,6-11H2,1-2H3. The Bertz CT molecular complexity index is 408. The van der Waals surface area contributed by atoms with Crippen LogP contribution in [0.25, 0.3) is 0 Å². The maximum absolute atomic E-state index is 4.48. The van der Waals surface area contributed by atoms with Crippen LogP contribution in [0.1, 0.15) is 25.1 Å². The molecule has 3 aliphatic rings. The van der Waals surface area contributed by atoms with E-state index in [0.717, 1.165) is 13.0 Å². The summed E-state index contributed by atoms with van der Waals surface area (Å²) in [5.41, 5.74) is 1.34. The van der Waals surface area contributed by atoms with Crippen LogP contribution in [0.3, 0.4) is 0 Å². The van der Waals surface area contributed by atoms with Gasteiger partial charge in [0.1, 0.15) is 0 Å². The molecule has 0 saturated carbocycles. The zero-order valence-electron chi connectivity index (χ0n) is 12.0. The fourth-order valence-corrected chi connectivity index (χ4v) is 3.52. The lowest BCUT2D eigenvalue weighted by Gasteiger charge is -2.50. The molecule has 5 heteroatoms. The Kier molecular flexibility index (Phi) is 3.86. The second-order valence-corrected chi connectivity index (χ2v) is 5.65. The number of rotatable bonds is 5. The minimum atomic E-state index is 0.386. The summed E-state index contributed by atoms with van der Waals surface area (Å²) in [6.45, 7) is 9.30. The monoisotopic (exact) mass is 263 g/mol. The maximum atomic E-state index is 4.48. The highest BCUT2D eigenvalue weighted by molar-refractivity contribution is 5.12. The lowest BCUT2D eigenvalue weighted by atomic mass is 9.97. The van der Waals surface area contributed by atoms with Crippen molar-refractivity contribution in [1.82, 2.24) is 24.9 Å². The molecule has 1 aromatic heterocycles. The van der Waals surface area contributed by atoms with E-state index in [1.54, 1.807) is 0 Å². The van der Waals surface area contributed by atoms with Gasteiger partial charge >= 0.3 is 0 Å². The summed E-state index contributed by atoms with van der Waals surface area (Å²) in [4.78, 5) is 5.24. The van der Waals surface area contributed by atoms with Crippen molar-refractivity contribution >= 4 is 0 Å². The first-order valence-corrected chi connectivity index (χ1v) is 7.49. The molecule has 1 N–H and O–H groups in total. The summed E-state index contributed by atoms with van der Waals surface area (Å²) in [5.74, 6) is 0. The van der Waals surface area contributed by atoms with Crippen molar-refractivity contribution in [3.05, 3.63) is 18.0 Å². The first kappa shape index (κ1) is 13.1. The molecule has 0 amide bonds. The lowest BCUT2D eigenvalue weighted by Crippen LogP contribution is -2.63. The second-order valence-electron chi connectivity index (χ2n) is 5.65.